The van der Waals surface area contributed by atoms with Crippen LogP contribution in [-0.2, 0) is 14.4 Å². The Kier molecular flexibility index (Phi) is 4.50. The highest BCUT2D eigenvalue weighted by Gasteiger charge is 2.70. The van der Waals surface area contributed by atoms with Crippen molar-refractivity contribution in [1.29, 1.82) is 0 Å². The Labute approximate surface area is 175 Å². The zero-order valence-electron chi connectivity index (χ0n) is 17.8. The molecule has 5 rings (SSSR count). The van der Waals surface area contributed by atoms with Crippen LogP contribution in [0.5, 0.6) is 11.5 Å². The maximum Gasteiger partial charge on any atom is 0.233 e. The molecule has 1 aromatic rings. The highest BCUT2D eigenvalue weighted by molar-refractivity contribution is 6.09. The molecule has 2 aliphatic carbocycles. The van der Waals surface area contributed by atoms with E-state index in [9.17, 15) is 9.59 Å². The lowest BCUT2D eigenvalue weighted by atomic mass is 9.71. The molecule has 8 heteroatoms. The number of carbonyl (C=O) groups is 2. The van der Waals surface area contributed by atoms with Crippen molar-refractivity contribution < 1.29 is 28.8 Å². The molecule has 0 spiro atoms. The molecule has 2 bridgehead atoms. The number of methoxy groups -OCH3 is 2. The molecule has 4 aliphatic rings. The number of oxime groups is 1. The highest BCUT2D eigenvalue weighted by Crippen LogP contribution is 2.61. The van der Waals surface area contributed by atoms with Gasteiger partial charge < -0.3 is 19.2 Å². The molecule has 1 saturated heterocycles. The average molecular weight is 414 g/mol. The fourth-order valence-electron chi connectivity index (χ4n) is 5.98. The number of hydrogen-bond acceptors (Lipinski definition) is 6. The van der Waals surface area contributed by atoms with Crippen LogP contribution in [0.25, 0.3) is 0 Å². The van der Waals surface area contributed by atoms with Gasteiger partial charge in [0.2, 0.25) is 11.8 Å². The number of nitrogens with one attached hydrogen (secondary N) is 1. The lowest BCUT2D eigenvalue weighted by molar-refractivity contribution is -0.857. The van der Waals surface area contributed by atoms with Crippen molar-refractivity contribution in [3.8, 4) is 11.5 Å². The van der Waals surface area contributed by atoms with Gasteiger partial charge >= 0.3 is 0 Å². The van der Waals surface area contributed by atoms with Crippen molar-refractivity contribution in [2.45, 2.75) is 12.5 Å². The zero-order valence-corrected chi connectivity index (χ0v) is 17.8. The van der Waals surface area contributed by atoms with E-state index in [1.54, 1.807) is 14.2 Å². The Bertz CT molecular complexity index is 929. The van der Waals surface area contributed by atoms with Gasteiger partial charge in [0.05, 0.1) is 59.0 Å². The van der Waals surface area contributed by atoms with Gasteiger partial charge in [-0.3, -0.25) is 14.5 Å². The average Bonchev–Trinajstić information content (AvgIpc) is 3.47. The predicted molar refractivity (Wildman–Crippen MR) is 107 cm³/mol. The number of quaternary nitrogens is 1. The first-order valence-electron chi connectivity index (χ1n) is 10.6. The molecule has 30 heavy (non-hydrogen) atoms. The van der Waals surface area contributed by atoms with Gasteiger partial charge in [-0.2, -0.15) is 0 Å². The summed E-state index contributed by atoms with van der Waals surface area (Å²) >= 11 is 0. The minimum atomic E-state index is -0.256. The third kappa shape index (κ3) is 2.59. The zero-order chi connectivity index (χ0) is 21.2. The Morgan fingerprint density at radius 1 is 1.10 bits per heavy atom. The van der Waals surface area contributed by atoms with Crippen LogP contribution >= 0.6 is 0 Å². The fourth-order valence-corrected chi connectivity index (χ4v) is 5.98. The lowest BCUT2D eigenvalue weighted by Gasteiger charge is -2.30. The van der Waals surface area contributed by atoms with E-state index in [2.05, 4.69) is 5.16 Å². The minimum absolute atomic E-state index is 0.00900. The van der Waals surface area contributed by atoms with Crippen molar-refractivity contribution in [1.82, 2.24) is 4.90 Å². The first kappa shape index (κ1) is 19.4. The number of rotatable bonds is 6. The van der Waals surface area contributed by atoms with E-state index in [4.69, 9.17) is 14.3 Å². The van der Waals surface area contributed by atoms with Gasteiger partial charge in [-0.15, -0.1) is 0 Å². The quantitative estimate of drug-likeness (QED) is 0.653. The summed E-state index contributed by atoms with van der Waals surface area (Å²) in [7, 11) is 7.28. The first-order valence-corrected chi connectivity index (χ1v) is 10.6. The van der Waals surface area contributed by atoms with Crippen LogP contribution in [0, 0.1) is 29.6 Å². The molecular formula is C22H28N3O5+. The topological polar surface area (TPSA) is 81.9 Å². The Balaban J connectivity index is 1.44. The van der Waals surface area contributed by atoms with Crippen LogP contribution in [0.1, 0.15) is 12.0 Å². The molecule has 0 aromatic heterocycles. The molecule has 2 saturated carbocycles. The van der Waals surface area contributed by atoms with Crippen LogP contribution in [0.15, 0.2) is 23.4 Å². The molecule has 8 nitrogen and oxygen atoms in total. The van der Waals surface area contributed by atoms with Gasteiger partial charge in [-0.1, -0.05) is 5.16 Å². The second kappa shape index (κ2) is 6.97. The molecule has 160 valence electrons. The van der Waals surface area contributed by atoms with Crippen molar-refractivity contribution >= 4 is 17.5 Å². The number of benzene rings is 1. The van der Waals surface area contributed by atoms with Crippen LogP contribution in [-0.4, -0.2) is 69.9 Å². The SMILES string of the molecule is COc1ccc(C2=NO[C@@H]3[C@H]4C[C@H]([C@H]5C(=O)N(CC[NH+](C)C)C(=O)[C@@H]45)[C@H]23)c(OC)c1. The maximum absolute atomic E-state index is 13.2. The highest BCUT2D eigenvalue weighted by atomic mass is 16.6. The van der Waals surface area contributed by atoms with E-state index in [-0.39, 0.29) is 47.5 Å². The molecular weight excluding hydrogens is 386 g/mol. The minimum Gasteiger partial charge on any atom is -0.497 e. The molecule has 1 aromatic carbocycles. The fraction of sp³-hybridized carbons (Fsp3) is 0.591. The number of likely N-dealkylation sites (N-methyl/N-ethyl adjacent to an activating group) is 1. The Morgan fingerprint density at radius 3 is 2.50 bits per heavy atom. The molecule has 3 fully saturated rings. The third-order valence-electron chi connectivity index (χ3n) is 7.30. The van der Waals surface area contributed by atoms with E-state index in [1.807, 2.05) is 32.3 Å². The normalized spacial score (nSPS) is 33.6. The molecule has 2 amide bonds. The van der Waals surface area contributed by atoms with Crippen molar-refractivity contribution in [3.63, 3.8) is 0 Å². The van der Waals surface area contributed by atoms with Gasteiger partial charge in [0, 0.05) is 23.5 Å². The van der Waals surface area contributed by atoms with Gasteiger partial charge in [-0.05, 0) is 24.5 Å². The predicted octanol–water partition coefficient (Wildman–Crippen LogP) is -0.182. The van der Waals surface area contributed by atoms with Crippen LogP contribution in [0.2, 0.25) is 0 Å². The monoisotopic (exact) mass is 414 g/mol. The summed E-state index contributed by atoms with van der Waals surface area (Å²) in [5, 5.41) is 4.41. The maximum atomic E-state index is 13.2. The number of ether oxygens (including phenoxy) is 2. The number of amides is 2. The van der Waals surface area contributed by atoms with E-state index >= 15 is 0 Å². The van der Waals surface area contributed by atoms with E-state index in [0.29, 0.717) is 18.0 Å². The van der Waals surface area contributed by atoms with Gasteiger partial charge in [-0.25, -0.2) is 0 Å². The number of hydrogen-bond donors (Lipinski definition) is 1. The van der Waals surface area contributed by atoms with E-state index < -0.39 is 0 Å². The standard InChI is InChI=1S/C22H27N3O5/c1-24(2)7-8-25-21(26)16-13-10-14(17(16)22(25)27)20-18(13)19(23-30-20)12-6-5-11(28-3)9-15(12)29-4/h5-6,9,13-14,16-18,20H,7-8,10H2,1-4H3/p+1/t13-,14+,16-,17+,18-,20-/m1/s1. The van der Waals surface area contributed by atoms with Crippen LogP contribution in [0.3, 0.4) is 0 Å². The largest absolute Gasteiger partial charge is 0.497 e. The smallest absolute Gasteiger partial charge is 0.233 e. The lowest BCUT2D eigenvalue weighted by Crippen LogP contribution is -3.06. The summed E-state index contributed by atoms with van der Waals surface area (Å²) < 4.78 is 10.9. The summed E-state index contributed by atoms with van der Waals surface area (Å²) in [4.78, 5) is 34.9. The van der Waals surface area contributed by atoms with Crippen molar-refractivity contribution in [2.75, 3.05) is 41.4 Å². The Morgan fingerprint density at radius 2 is 1.83 bits per heavy atom. The molecule has 0 radical (unpaired) electrons. The number of likely N-dealkylation sites (tertiary alicyclic amines) is 1. The molecule has 2 aliphatic heterocycles. The summed E-state index contributed by atoms with van der Waals surface area (Å²) in [6.07, 6.45) is 0.695. The van der Waals surface area contributed by atoms with Gasteiger partial charge in [0.15, 0.2) is 0 Å². The van der Waals surface area contributed by atoms with Crippen molar-refractivity contribution in [2.24, 2.45) is 34.7 Å². The third-order valence-corrected chi connectivity index (χ3v) is 7.30. The summed E-state index contributed by atoms with van der Waals surface area (Å²) in [6, 6.07) is 5.63. The first-order chi connectivity index (χ1) is 14.5. The van der Waals surface area contributed by atoms with E-state index in [1.165, 1.54) is 9.80 Å². The number of nitrogens with zero attached hydrogens (tertiary/aromatic N) is 2. The molecule has 6 atom stereocenters. The van der Waals surface area contributed by atoms with Crippen LogP contribution < -0.4 is 14.4 Å². The summed E-state index contributed by atoms with van der Waals surface area (Å²) in [5.74, 6) is 0.965. The summed E-state index contributed by atoms with van der Waals surface area (Å²) in [5.41, 5.74) is 1.68. The summed E-state index contributed by atoms with van der Waals surface area (Å²) in [6.45, 7) is 1.24. The van der Waals surface area contributed by atoms with Crippen molar-refractivity contribution in [3.05, 3.63) is 23.8 Å². The molecule has 1 N–H and O–H groups in total. The number of imide groups is 1. The van der Waals surface area contributed by atoms with Gasteiger partial charge in [0.25, 0.3) is 0 Å². The molecule has 2 heterocycles. The second-order valence-electron chi connectivity index (χ2n) is 9.04. The van der Waals surface area contributed by atoms with Crippen LogP contribution in [0.4, 0.5) is 0 Å². The van der Waals surface area contributed by atoms with E-state index in [0.717, 1.165) is 24.2 Å². The Hall–Kier alpha value is -2.61. The second-order valence-corrected chi connectivity index (χ2v) is 9.04. The molecule has 0 unspecified atom stereocenters. The van der Waals surface area contributed by atoms with Gasteiger partial charge in [0.1, 0.15) is 17.6 Å². The number of carbonyl (C=O) groups excluding carboxylic acids is 2. The number of fused-ring (bicyclic) bond motifs is 8.